The molecule has 2 aliphatic rings. The number of thioether (sulfide) groups is 1. The molecule has 22 heavy (non-hydrogen) atoms. The first kappa shape index (κ1) is 17.2. The fraction of sp³-hybridized carbons (Fsp3) is 0.562. The molecule has 0 saturated carbocycles. The van der Waals surface area contributed by atoms with Crippen LogP contribution in [0.25, 0.3) is 0 Å². The van der Waals surface area contributed by atoms with Gasteiger partial charge in [-0.15, -0.1) is 11.8 Å². The van der Waals surface area contributed by atoms with Crippen LogP contribution in [-0.4, -0.2) is 22.5 Å². The molecule has 0 saturated heterocycles. The molecule has 2 unspecified atom stereocenters. The van der Waals surface area contributed by atoms with Crippen LogP contribution in [0.2, 0.25) is 0 Å². The molecule has 0 fully saturated rings. The lowest BCUT2D eigenvalue weighted by Gasteiger charge is -2.42. The molecule has 1 heterocycles. The van der Waals surface area contributed by atoms with Crippen LogP contribution in [0.3, 0.4) is 0 Å². The van der Waals surface area contributed by atoms with Crippen LogP contribution in [0.5, 0.6) is 0 Å². The maximum Gasteiger partial charge on any atom is 0.405 e. The van der Waals surface area contributed by atoms with Gasteiger partial charge in [0, 0.05) is 5.41 Å². The molecule has 0 aromatic heterocycles. The third kappa shape index (κ3) is 3.12. The highest BCUT2D eigenvalue weighted by Crippen LogP contribution is 2.56. The van der Waals surface area contributed by atoms with Crippen molar-refractivity contribution in [2.75, 3.05) is 0 Å². The van der Waals surface area contributed by atoms with Crippen LogP contribution in [-0.2, 0) is 4.79 Å². The van der Waals surface area contributed by atoms with Crippen LogP contribution in [0.4, 0.5) is 13.2 Å². The Bertz CT molecular complexity index is 593. The molecule has 2 atom stereocenters. The van der Waals surface area contributed by atoms with Gasteiger partial charge >= 0.3 is 12.1 Å². The molecule has 6 heteroatoms. The molecular formula is C16H19F3O2S. The highest BCUT2D eigenvalue weighted by atomic mass is 32.2. The molecule has 1 aliphatic heterocycles. The number of alkyl halides is 3. The van der Waals surface area contributed by atoms with Crippen molar-refractivity contribution in [3.05, 3.63) is 34.3 Å². The average Bonchev–Trinajstić information content (AvgIpc) is 2.33. The molecule has 0 bridgehead atoms. The molecule has 1 aliphatic carbocycles. The summed E-state index contributed by atoms with van der Waals surface area (Å²) in [7, 11) is 0. The average molecular weight is 332 g/mol. The minimum atomic E-state index is -4.58. The van der Waals surface area contributed by atoms with Crippen molar-refractivity contribution in [1.82, 2.24) is 0 Å². The number of halogens is 3. The quantitative estimate of drug-likeness (QED) is 0.739. The maximum absolute atomic E-state index is 13.1. The zero-order valence-electron chi connectivity index (χ0n) is 12.9. The second kappa shape index (κ2) is 5.18. The zero-order valence-corrected chi connectivity index (χ0v) is 13.7. The molecule has 0 aromatic rings. The molecule has 0 amide bonds. The van der Waals surface area contributed by atoms with Gasteiger partial charge in [0.1, 0.15) is 5.25 Å². The van der Waals surface area contributed by atoms with E-state index in [9.17, 15) is 23.1 Å². The van der Waals surface area contributed by atoms with Gasteiger partial charge in [-0.25, -0.2) is 4.79 Å². The minimum Gasteiger partial charge on any atom is -0.478 e. The van der Waals surface area contributed by atoms with Crippen molar-refractivity contribution in [2.24, 2.45) is 10.8 Å². The first-order valence-corrected chi connectivity index (χ1v) is 7.84. The largest absolute Gasteiger partial charge is 0.478 e. The normalized spacial score (nSPS) is 29.2. The van der Waals surface area contributed by atoms with Gasteiger partial charge in [-0.2, -0.15) is 13.2 Å². The van der Waals surface area contributed by atoms with Gasteiger partial charge in [-0.1, -0.05) is 51.5 Å². The van der Waals surface area contributed by atoms with Gasteiger partial charge in [0.2, 0.25) is 0 Å². The van der Waals surface area contributed by atoms with E-state index in [-0.39, 0.29) is 5.41 Å². The third-order valence-electron chi connectivity index (χ3n) is 4.07. The molecule has 122 valence electrons. The van der Waals surface area contributed by atoms with E-state index in [4.69, 9.17) is 0 Å². The molecule has 0 spiro atoms. The maximum atomic E-state index is 13.1. The van der Waals surface area contributed by atoms with E-state index >= 15 is 0 Å². The number of carboxylic acid groups (broad SMARTS) is 1. The van der Waals surface area contributed by atoms with Crippen molar-refractivity contribution in [2.45, 2.75) is 45.5 Å². The summed E-state index contributed by atoms with van der Waals surface area (Å²) in [4.78, 5) is 11.9. The van der Waals surface area contributed by atoms with E-state index < -0.39 is 28.4 Å². The summed E-state index contributed by atoms with van der Waals surface area (Å²) in [5, 5.41) is 7.18. The second-order valence-electron chi connectivity index (χ2n) is 7.01. The lowest BCUT2D eigenvalue weighted by atomic mass is 9.71. The Morgan fingerprint density at radius 1 is 1.32 bits per heavy atom. The number of fused-ring (bicyclic) bond motifs is 1. The van der Waals surface area contributed by atoms with Gasteiger partial charge in [-0.05, 0) is 16.7 Å². The van der Waals surface area contributed by atoms with E-state index in [0.717, 1.165) is 5.57 Å². The third-order valence-corrected chi connectivity index (χ3v) is 5.68. The fourth-order valence-corrected chi connectivity index (χ4v) is 3.98. The monoisotopic (exact) mass is 332 g/mol. The number of carboxylic acids is 1. The Morgan fingerprint density at radius 3 is 2.36 bits per heavy atom. The van der Waals surface area contributed by atoms with Gasteiger partial charge < -0.3 is 5.11 Å². The van der Waals surface area contributed by atoms with Crippen LogP contribution >= 0.6 is 11.8 Å². The summed E-state index contributed by atoms with van der Waals surface area (Å²) in [6.07, 6.45) is 0.843. The Morgan fingerprint density at radius 2 is 1.91 bits per heavy atom. The molecule has 2 nitrogen and oxygen atoms in total. The van der Waals surface area contributed by atoms with Crippen molar-refractivity contribution in [3.8, 4) is 0 Å². The standard InChI is InChI=1S/C16H19F3O2S/c1-14(2,3)9-5-6-11-15(4,7-9)8-10(13(20)21)12(22-11)16(17,18)19/h5-6,8,12H,7H2,1-4H3,(H,20,21). The minimum absolute atomic E-state index is 0.103. The summed E-state index contributed by atoms with van der Waals surface area (Å²) in [5.74, 6) is -1.50. The van der Waals surface area contributed by atoms with E-state index in [2.05, 4.69) is 0 Å². The highest BCUT2D eigenvalue weighted by molar-refractivity contribution is 8.04. The summed E-state index contributed by atoms with van der Waals surface area (Å²) in [5.41, 5.74) is -0.246. The number of carbonyl (C=O) groups is 1. The summed E-state index contributed by atoms with van der Waals surface area (Å²) in [6, 6.07) is 0. The van der Waals surface area contributed by atoms with E-state index in [1.165, 1.54) is 6.08 Å². The number of hydrogen-bond acceptors (Lipinski definition) is 2. The first-order chi connectivity index (χ1) is 9.84. The lowest BCUT2D eigenvalue weighted by Crippen LogP contribution is -2.38. The van der Waals surface area contributed by atoms with Crippen molar-refractivity contribution in [3.63, 3.8) is 0 Å². The van der Waals surface area contributed by atoms with Gasteiger partial charge in [0.05, 0.1) is 5.57 Å². The number of allylic oxidation sites excluding steroid dienone is 5. The number of aliphatic carboxylic acids is 1. The summed E-state index contributed by atoms with van der Waals surface area (Å²) >= 11 is 0.613. The van der Waals surface area contributed by atoms with Crippen molar-refractivity contribution >= 4 is 17.7 Å². The van der Waals surface area contributed by atoms with Crippen LogP contribution < -0.4 is 0 Å². The first-order valence-electron chi connectivity index (χ1n) is 6.96. The Kier molecular flexibility index (Phi) is 4.05. The smallest absolute Gasteiger partial charge is 0.405 e. The fourth-order valence-electron chi connectivity index (χ4n) is 2.75. The van der Waals surface area contributed by atoms with E-state index in [1.807, 2.05) is 26.8 Å². The molecule has 2 rings (SSSR count). The predicted octanol–water partition coefficient (Wildman–Crippen LogP) is 4.94. The van der Waals surface area contributed by atoms with E-state index in [1.54, 1.807) is 13.0 Å². The second-order valence-corrected chi connectivity index (χ2v) is 8.16. The van der Waals surface area contributed by atoms with E-state index in [0.29, 0.717) is 23.1 Å². The summed E-state index contributed by atoms with van der Waals surface area (Å²) < 4.78 is 39.4. The van der Waals surface area contributed by atoms with Gasteiger partial charge in [-0.3, -0.25) is 0 Å². The number of hydrogen-bond donors (Lipinski definition) is 1. The Balaban J connectivity index is 2.51. The van der Waals surface area contributed by atoms with Gasteiger partial charge in [0.15, 0.2) is 0 Å². The topological polar surface area (TPSA) is 37.3 Å². The summed E-state index contributed by atoms with van der Waals surface area (Å²) in [6.45, 7) is 7.92. The van der Waals surface area contributed by atoms with Crippen molar-refractivity contribution < 1.29 is 23.1 Å². The molecule has 0 aromatic carbocycles. The molecule has 0 radical (unpaired) electrons. The van der Waals surface area contributed by atoms with Crippen LogP contribution in [0, 0.1) is 10.8 Å². The van der Waals surface area contributed by atoms with Crippen molar-refractivity contribution in [1.29, 1.82) is 0 Å². The van der Waals surface area contributed by atoms with Gasteiger partial charge in [0.25, 0.3) is 0 Å². The SMILES string of the molecule is CC(C)(C)C1=CC=C2SC(C(F)(F)F)C(C(=O)O)=CC2(C)C1. The highest BCUT2D eigenvalue weighted by Gasteiger charge is 2.51. The Labute approximate surface area is 132 Å². The van der Waals surface area contributed by atoms with Crippen LogP contribution in [0.1, 0.15) is 34.1 Å². The number of rotatable bonds is 1. The Hall–Kier alpha value is -1.17. The lowest BCUT2D eigenvalue weighted by molar-refractivity contribution is -0.141. The zero-order chi connectivity index (χ0) is 16.9. The molecular weight excluding hydrogens is 313 g/mol. The predicted molar refractivity (Wildman–Crippen MR) is 81.5 cm³/mol. The molecule has 1 N–H and O–H groups in total. The van der Waals surface area contributed by atoms with Crippen LogP contribution in [0.15, 0.2) is 34.3 Å².